The summed E-state index contributed by atoms with van der Waals surface area (Å²) in [6.45, 7) is 1.40. The van der Waals surface area contributed by atoms with Crippen LogP contribution in [-0.2, 0) is 4.79 Å². The molecule has 0 saturated heterocycles. The Kier molecular flexibility index (Phi) is 3.50. The van der Waals surface area contributed by atoms with Crippen LogP contribution in [0.15, 0.2) is 54.9 Å². The summed E-state index contributed by atoms with van der Waals surface area (Å²) in [7, 11) is 0. The highest BCUT2D eigenvalue weighted by molar-refractivity contribution is 6.03. The van der Waals surface area contributed by atoms with E-state index in [2.05, 4.69) is 20.6 Å². The van der Waals surface area contributed by atoms with Crippen molar-refractivity contribution in [2.75, 3.05) is 10.6 Å². The second-order valence-electron chi connectivity index (χ2n) is 5.77. The standard InChI is InChI=1S/C19H16N4O2/c1-11(24)22-17-6-5-13-16(8-10-21-18(13)19(17)25)23-15-4-2-3-14-12(15)7-9-20-14/h2-10,20,25H,1H3,(H,21,23)(H,22,24). The average molecular weight is 332 g/mol. The van der Waals surface area contributed by atoms with E-state index in [1.165, 1.54) is 6.92 Å². The minimum Gasteiger partial charge on any atom is -0.504 e. The van der Waals surface area contributed by atoms with Gasteiger partial charge in [0.25, 0.3) is 0 Å². The molecule has 0 aliphatic heterocycles. The van der Waals surface area contributed by atoms with Crippen molar-refractivity contribution >= 4 is 44.8 Å². The van der Waals surface area contributed by atoms with Crippen LogP contribution in [0.1, 0.15) is 6.92 Å². The van der Waals surface area contributed by atoms with E-state index in [1.807, 2.05) is 42.6 Å². The molecule has 6 nitrogen and oxygen atoms in total. The summed E-state index contributed by atoms with van der Waals surface area (Å²) in [5.41, 5.74) is 3.59. The summed E-state index contributed by atoms with van der Waals surface area (Å²) in [4.78, 5) is 18.7. The first-order valence-electron chi connectivity index (χ1n) is 7.85. The summed E-state index contributed by atoms with van der Waals surface area (Å²) in [5.74, 6) is -0.292. The van der Waals surface area contributed by atoms with Crippen LogP contribution < -0.4 is 10.6 Å². The van der Waals surface area contributed by atoms with E-state index >= 15 is 0 Å². The summed E-state index contributed by atoms with van der Waals surface area (Å²) in [6, 6.07) is 13.3. The second kappa shape index (κ2) is 5.83. The van der Waals surface area contributed by atoms with E-state index in [1.54, 1.807) is 12.3 Å². The number of aromatic hydroxyl groups is 1. The van der Waals surface area contributed by atoms with Crippen molar-refractivity contribution < 1.29 is 9.90 Å². The number of rotatable bonds is 3. The van der Waals surface area contributed by atoms with E-state index in [0.717, 1.165) is 27.7 Å². The van der Waals surface area contributed by atoms with Crippen LogP contribution in [0.5, 0.6) is 5.75 Å². The number of fused-ring (bicyclic) bond motifs is 2. The molecule has 2 heterocycles. The van der Waals surface area contributed by atoms with Gasteiger partial charge in [-0.15, -0.1) is 0 Å². The molecule has 0 saturated carbocycles. The third-order valence-corrected chi connectivity index (χ3v) is 4.06. The van der Waals surface area contributed by atoms with Crippen LogP contribution in [0.25, 0.3) is 21.8 Å². The van der Waals surface area contributed by atoms with Crippen molar-refractivity contribution in [3.8, 4) is 5.75 Å². The third-order valence-electron chi connectivity index (χ3n) is 4.06. The minimum atomic E-state index is -0.247. The average Bonchev–Trinajstić information content (AvgIpc) is 3.07. The van der Waals surface area contributed by atoms with Crippen molar-refractivity contribution in [1.29, 1.82) is 0 Å². The van der Waals surface area contributed by atoms with E-state index in [4.69, 9.17) is 0 Å². The highest BCUT2D eigenvalue weighted by atomic mass is 16.3. The predicted octanol–water partition coefficient (Wildman–Crippen LogP) is 4.12. The van der Waals surface area contributed by atoms with E-state index in [9.17, 15) is 9.90 Å². The molecule has 2 aromatic carbocycles. The molecule has 25 heavy (non-hydrogen) atoms. The number of nitrogens with zero attached hydrogens (tertiary/aromatic N) is 1. The highest BCUT2D eigenvalue weighted by Gasteiger charge is 2.12. The molecule has 4 aromatic rings. The maximum atomic E-state index is 11.3. The number of hydrogen-bond donors (Lipinski definition) is 4. The number of H-pyrrole nitrogens is 1. The van der Waals surface area contributed by atoms with Gasteiger partial charge in [-0.05, 0) is 36.4 Å². The fourth-order valence-corrected chi connectivity index (χ4v) is 2.94. The lowest BCUT2D eigenvalue weighted by atomic mass is 10.1. The predicted molar refractivity (Wildman–Crippen MR) is 99.3 cm³/mol. The number of benzene rings is 2. The van der Waals surface area contributed by atoms with Crippen molar-refractivity contribution in [3.63, 3.8) is 0 Å². The quantitative estimate of drug-likeness (QED) is 0.425. The number of phenolic OH excluding ortho intramolecular Hbond substituents is 1. The summed E-state index contributed by atoms with van der Waals surface area (Å²) in [5, 5.41) is 18.3. The van der Waals surface area contributed by atoms with Crippen molar-refractivity contribution in [3.05, 3.63) is 54.9 Å². The number of hydrogen-bond acceptors (Lipinski definition) is 4. The number of amides is 1. The number of carbonyl (C=O) groups is 1. The maximum Gasteiger partial charge on any atom is 0.221 e. The molecule has 1 amide bonds. The molecule has 6 heteroatoms. The number of aromatic amines is 1. The number of nitrogens with one attached hydrogen (secondary N) is 3. The zero-order chi connectivity index (χ0) is 17.4. The summed E-state index contributed by atoms with van der Waals surface area (Å²) < 4.78 is 0. The molecule has 0 aliphatic carbocycles. The Hall–Kier alpha value is -3.54. The first-order chi connectivity index (χ1) is 12.1. The maximum absolute atomic E-state index is 11.3. The zero-order valence-electron chi connectivity index (χ0n) is 13.5. The molecular weight excluding hydrogens is 316 g/mol. The van der Waals surface area contributed by atoms with Gasteiger partial charge in [0.05, 0.1) is 5.69 Å². The molecular formula is C19H16N4O2. The molecule has 0 aliphatic rings. The lowest BCUT2D eigenvalue weighted by Crippen LogP contribution is -2.06. The van der Waals surface area contributed by atoms with E-state index in [0.29, 0.717) is 11.2 Å². The fourth-order valence-electron chi connectivity index (χ4n) is 2.94. The van der Waals surface area contributed by atoms with Crippen LogP contribution in [0.2, 0.25) is 0 Å². The number of pyridine rings is 1. The highest BCUT2D eigenvalue weighted by Crippen LogP contribution is 2.36. The lowest BCUT2D eigenvalue weighted by molar-refractivity contribution is -0.114. The molecule has 0 unspecified atom stereocenters. The summed E-state index contributed by atoms with van der Waals surface area (Å²) >= 11 is 0. The van der Waals surface area contributed by atoms with Gasteiger partial charge >= 0.3 is 0 Å². The molecule has 0 atom stereocenters. The van der Waals surface area contributed by atoms with Gasteiger partial charge in [0.15, 0.2) is 5.75 Å². The van der Waals surface area contributed by atoms with Gasteiger partial charge in [-0.25, -0.2) is 0 Å². The topological polar surface area (TPSA) is 90.0 Å². The third kappa shape index (κ3) is 2.63. The van der Waals surface area contributed by atoms with Gasteiger partial charge in [0, 0.05) is 47.0 Å². The zero-order valence-corrected chi connectivity index (χ0v) is 13.5. The first kappa shape index (κ1) is 15.0. The van der Waals surface area contributed by atoms with Gasteiger partial charge in [-0.1, -0.05) is 6.07 Å². The Morgan fingerprint density at radius 2 is 1.88 bits per heavy atom. The number of phenols is 1. The van der Waals surface area contributed by atoms with Gasteiger partial charge in [-0.2, -0.15) is 0 Å². The lowest BCUT2D eigenvalue weighted by Gasteiger charge is -2.13. The molecule has 4 N–H and O–H groups in total. The van der Waals surface area contributed by atoms with Gasteiger partial charge < -0.3 is 20.7 Å². The molecule has 0 spiro atoms. The van der Waals surface area contributed by atoms with Crippen molar-refractivity contribution in [2.24, 2.45) is 0 Å². The first-order valence-corrected chi connectivity index (χ1v) is 7.85. The number of anilines is 3. The Labute approximate surface area is 143 Å². The van der Waals surface area contributed by atoms with Crippen molar-refractivity contribution in [1.82, 2.24) is 9.97 Å². The normalized spacial score (nSPS) is 10.9. The molecule has 4 rings (SSSR count). The van der Waals surface area contributed by atoms with Crippen LogP contribution >= 0.6 is 0 Å². The minimum absolute atomic E-state index is 0.0452. The largest absolute Gasteiger partial charge is 0.504 e. The van der Waals surface area contributed by atoms with Crippen LogP contribution in [-0.4, -0.2) is 21.0 Å². The monoisotopic (exact) mass is 332 g/mol. The Morgan fingerprint density at radius 1 is 1.04 bits per heavy atom. The Bertz CT molecular complexity index is 1100. The van der Waals surface area contributed by atoms with Crippen LogP contribution in [0, 0.1) is 0 Å². The number of aromatic nitrogens is 2. The molecule has 2 aromatic heterocycles. The Balaban J connectivity index is 1.81. The van der Waals surface area contributed by atoms with Crippen molar-refractivity contribution in [2.45, 2.75) is 6.92 Å². The Morgan fingerprint density at radius 3 is 2.72 bits per heavy atom. The summed E-state index contributed by atoms with van der Waals surface area (Å²) in [6.07, 6.45) is 3.52. The smallest absolute Gasteiger partial charge is 0.221 e. The molecule has 124 valence electrons. The number of carbonyl (C=O) groups excluding carboxylic acids is 1. The SMILES string of the molecule is CC(=O)Nc1ccc2c(Nc3cccc4[nH]ccc34)ccnc2c1O. The van der Waals surface area contributed by atoms with E-state index < -0.39 is 0 Å². The molecule has 0 fully saturated rings. The van der Waals surface area contributed by atoms with Crippen LogP contribution in [0.3, 0.4) is 0 Å². The fraction of sp³-hybridized carbons (Fsp3) is 0.0526. The van der Waals surface area contributed by atoms with E-state index in [-0.39, 0.29) is 11.7 Å². The molecule has 0 bridgehead atoms. The van der Waals surface area contributed by atoms with Gasteiger partial charge in [0.1, 0.15) is 5.52 Å². The van der Waals surface area contributed by atoms with Gasteiger partial charge in [0.2, 0.25) is 5.91 Å². The second-order valence-corrected chi connectivity index (χ2v) is 5.77. The molecule has 0 radical (unpaired) electrons. The van der Waals surface area contributed by atoms with Crippen LogP contribution in [0.4, 0.5) is 17.1 Å². The van der Waals surface area contributed by atoms with Gasteiger partial charge in [-0.3, -0.25) is 9.78 Å².